The minimum absolute atomic E-state index is 0.554. The third-order valence-electron chi connectivity index (χ3n) is 9.90. The van der Waals surface area contributed by atoms with E-state index in [1.807, 2.05) is 41.7 Å². The van der Waals surface area contributed by atoms with Crippen LogP contribution in [-0.2, 0) is 0 Å². The van der Waals surface area contributed by atoms with Gasteiger partial charge in [-0.15, -0.1) is 11.3 Å². The minimum Gasteiger partial charge on any atom is -0.455 e. The molecule has 0 saturated heterocycles. The Bertz CT molecular complexity index is 3100. The van der Waals surface area contributed by atoms with E-state index in [1.165, 1.54) is 25.7 Å². The number of thiophene rings is 1. The van der Waals surface area contributed by atoms with Gasteiger partial charge in [-0.05, 0) is 24.3 Å². The van der Waals surface area contributed by atoms with E-state index in [0.29, 0.717) is 17.6 Å². The summed E-state index contributed by atoms with van der Waals surface area (Å²) < 4.78 is 11.6. The molecule has 0 N–H and O–H groups in total. The van der Waals surface area contributed by atoms with E-state index in [1.54, 1.807) is 0 Å². The number of hydrogen-bond donors (Lipinski definition) is 0. The smallest absolute Gasteiger partial charge is 0.238 e. The molecule has 0 fully saturated rings. The number of benzene rings is 7. The van der Waals surface area contributed by atoms with Gasteiger partial charge in [-0.3, -0.25) is 4.57 Å². The highest BCUT2D eigenvalue weighted by atomic mass is 32.1. The summed E-state index contributed by atoms with van der Waals surface area (Å²) in [6, 6.07) is 54.8. The fraction of sp³-hybridized carbons (Fsp3) is 0. The van der Waals surface area contributed by atoms with Gasteiger partial charge in [-0.2, -0.15) is 9.97 Å². The van der Waals surface area contributed by atoms with Crippen molar-refractivity contribution in [3.8, 4) is 39.9 Å². The first kappa shape index (κ1) is 28.2. The molecule has 51 heavy (non-hydrogen) atoms. The quantitative estimate of drug-likeness (QED) is 0.187. The van der Waals surface area contributed by atoms with Gasteiger partial charge in [0.25, 0.3) is 0 Å². The van der Waals surface area contributed by atoms with E-state index in [2.05, 4.69) is 132 Å². The summed E-state index contributed by atoms with van der Waals surface area (Å²) in [7, 11) is 0. The Labute approximate surface area is 295 Å². The van der Waals surface area contributed by atoms with Crippen molar-refractivity contribution in [2.75, 3.05) is 0 Å². The van der Waals surface area contributed by atoms with Crippen LogP contribution in [0.25, 0.3) is 104 Å². The Balaban J connectivity index is 1.17. The zero-order valence-corrected chi connectivity index (χ0v) is 27.9. The molecule has 11 aromatic rings. The fourth-order valence-electron chi connectivity index (χ4n) is 7.61. The van der Waals surface area contributed by atoms with E-state index < -0.39 is 0 Å². The summed E-state index contributed by atoms with van der Waals surface area (Å²) in [5.41, 5.74) is 7.65. The lowest BCUT2D eigenvalue weighted by Gasteiger charge is -2.11. The molecule has 7 aromatic carbocycles. The summed E-state index contributed by atoms with van der Waals surface area (Å²) in [6.07, 6.45) is 0. The lowest BCUT2D eigenvalue weighted by molar-refractivity contribution is 0.670. The second kappa shape index (κ2) is 10.9. The molecular formula is C45H26N4OS. The van der Waals surface area contributed by atoms with Gasteiger partial charge in [0.2, 0.25) is 5.95 Å². The average molecular weight is 671 g/mol. The van der Waals surface area contributed by atoms with Crippen molar-refractivity contribution in [2.24, 2.45) is 0 Å². The highest BCUT2D eigenvalue weighted by molar-refractivity contribution is 7.26. The highest BCUT2D eigenvalue weighted by Gasteiger charge is 2.22. The van der Waals surface area contributed by atoms with E-state index in [4.69, 9.17) is 19.4 Å². The van der Waals surface area contributed by atoms with Gasteiger partial charge in [0.05, 0.1) is 16.6 Å². The van der Waals surface area contributed by atoms with Crippen molar-refractivity contribution in [1.82, 2.24) is 19.5 Å². The van der Waals surface area contributed by atoms with Crippen LogP contribution < -0.4 is 0 Å². The van der Waals surface area contributed by atoms with E-state index >= 15 is 0 Å². The van der Waals surface area contributed by atoms with Crippen LogP contribution in [0.1, 0.15) is 0 Å². The maximum absolute atomic E-state index is 6.96. The first-order valence-electron chi connectivity index (χ1n) is 17.0. The molecule has 0 amide bonds. The van der Waals surface area contributed by atoms with Crippen LogP contribution in [0.3, 0.4) is 0 Å². The standard InChI is InChI=1S/C45H26N4OS/c1-2-13-27(14-3-1)43-46-44(48-45(47-43)49-37-24-7-4-15-28(37)29-16-5-8-25-38(29)49)36-23-11-19-32-31-18-10-20-33(40(31)50-41(32)36)35-22-12-21-34-30-17-6-9-26-39(30)51-42(34)35/h1-26H. The monoisotopic (exact) mass is 670 g/mol. The van der Waals surface area contributed by atoms with Crippen molar-refractivity contribution < 1.29 is 4.42 Å². The van der Waals surface area contributed by atoms with Crippen LogP contribution in [0.5, 0.6) is 0 Å². The van der Waals surface area contributed by atoms with Crippen LogP contribution in [-0.4, -0.2) is 19.5 Å². The zero-order chi connectivity index (χ0) is 33.5. The summed E-state index contributed by atoms with van der Waals surface area (Å²) in [6.45, 7) is 0. The normalized spacial score (nSPS) is 11.9. The van der Waals surface area contributed by atoms with Crippen LogP contribution >= 0.6 is 11.3 Å². The number of rotatable bonds is 4. The molecule has 0 spiro atoms. The number of nitrogens with zero attached hydrogens (tertiary/aromatic N) is 4. The molecule has 0 radical (unpaired) electrons. The first-order chi connectivity index (χ1) is 25.3. The van der Waals surface area contributed by atoms with Crippen LogP contribution in [0.15, 0.2) is 162 Å². The Morgan fingerprint density at radius 1 is 0.412 bits per heavy atom. The predicted molar refractivity (Wildman–Crippen MR) is 211 cm³/mol. The van der Waals surface area contributed by atoms with Crippen molar-refractivity contribution >= 4 is 75.3 Å². The molecule has 5 nitrogen and oxygen atoms in total. The zero-order valence-electron chi connectivity index (χ0n) is 27.1. The molecule has 238 valence electrons. The molecule has 0 unspecified atom stereocenters. The lowest BCUT2D eigenvalue weighted by Crippen LogP contribution is -2.06. The molecule has 0 aliphatic rings. The molecule has 0 aliphatic carbocycles. The van der Waals surface area contributed by atoms with Crippen molar-refractivity contribution in [3.05, 3.63) is 158 Å². The van der Waals surface area contributed by atoms with E-state index in [0.717, 1.165) is 60.4 Å². The number of aromatic nitrogens is 4. The van der Waals surface area contributed by atoms with Crippen LogP contribution in [0.4, 0.5) is 0 Å². The van der Waals surface area contributed by atoms with Crippen molar-refractivity contribution in [1.29, 1.82) is 0 Å². The summed E-state index contributed by atoms with van der Waals surface area (Å²) >= 11 is 1.83. The fourth-order valence-corrected chi connectivity index (χ4v) is 8.84. The Morgan fingerprint density at radius 2 is 0.961 bits per heavy atom. The summed E-state index contributed by atoms with van der Waals surface area (Å²) in [4.78, 5) is 15.4. The molecular weight excluding hydrogens is 645 g/mol. The van der Waals surface area contributed by atoms with Gasteiger partial charge in [0.1, 0.15) is 11.2 Å². The molecule has 0 bridgehead atoms. The molecule has 0 aliphatic heterocycles. The van der Waals surface area contributed by atoms with Gasteiger partial charge in [-0.25, -0.2) is 4.98 Å². The topological polar surface area (TPSA) is 56.7 Å². The van der Waals surface area contributed by atoms with E-state index in [9.17, 15) is 0 Å². The molecule has 0 atom stereocenters. The molecule has 4 aromatic heterocycles. The van der Waals surface area contributed by atoms with Gasteiger partial charge in [0, 0.05) is 58.4 Å². The van der Waals surface area contributed by atoms with Crippen LogP contribution in [0.2, 0.25) is 0 Å². The van der Waals surface area contributed by atoms with E-state index in [-0.39, 0.29) is 0 Å². The maximum Gasteiger partial charge on any atom is 0.238 e. The molecule has 0 saturated carbocycles. The highest BCUT2D eigenvalue weighted by Crippen LogP contribution is 2.44. The molecule has 11 rings (SSSR count). The number of fused-ring (bicyclic) bond motifs is 9. The number of para-hydroxylation sites is 4. The van der Waals surface area contributed by atoms with Crippen molar-refractivity contribution in [2.45, 2.75) is 0 Å². The Kier molecular flexibility index (Phi) is 6.05. The van der Waals surface area contributed by atoms with Gasteiger partial charge < -0.3 is 4.42 Å². The largest absolute Gasteiger partial charge is 0.455 e. The van der Waals surface area contributed by atoms with Crippen LogP contribution in [0, 0.1) is 0 Å². The summed E-state index contributed by atoms with van der Waals surface area (Å²) in [5.74, 6) is 1.71. The Morgan fingerprint density at radius 3 is 1.71 bits per heavy atom. The van der Waals surface area contributed by atoms with Crippen molar-refractivity contribution in [3.63, 3.8) is 0 Å². The second-order valence-electron chi connectivity index (χ2n) is 12.8. The van der Waals surface area contributed by atoms with Gasteiger partial charge in [-0.1, -0.05) is 133 Å². The van der Waals surface area contributed by atoms with Gasteiger partial charge >= 0.3 is 0 Å². The third kappa shape index (κ3) is 4.24. The molecule has 6 heteroatoms. The predicted octanol–water partition coefficient (Wildman–Crippen LogP) is 12.2. The molecule has 4 heterocycles. The SMILES string of the molecule is c1ccc(-c2nc(-c3cccc4c3oc3c(-c5cccc6c5sc5ccccc56)cccc34)nc(-n3c4ccccc4c4ccccc43)n2)cc1. The average Bonchev–Trinajstić information content (AvgIpc) is 3.88. The number of furan rings is 1. The lowest BCUT2D eigenvalue weighted by atomic mass is 10.00. The second-order valence-corrected chi connectivity index (χ2v) is 13.8. The first-order valence-corrected chi connectivity index (χ1v) is 17.8. The number of hydrogen-bond acceptors (Lipinski definition) is 5. The maximum atomic E-state index is 6.96. The summed E-state index contributed by atoms with van der Waals surface area (Å²) in [5, 5.41) is 6.92. The Hall–Kier alpha value is -6.63. The third-order valence-corrected chi connectivity index (χ3v) is 11.1. The van der Waals surface area contributed by atoms with Gasteiger partial charge in [0.15, 0.2) is 11.6 Å². The minimum atomic E-state index is 0.554.